The van der Waals surface area contributed by atoms with Crippen molar-refractivity contribution in [2.45, 2.75) is 25.7 Å². The normalized spacial score (nSPS) is 18.2. The maximum absolute atomic E-state index is 12.2. The predicted octanol–water partition coefficient (Wildman–Crippen LogP) is 3.74. The minimum absolute atomic E-state index is 0.177. The van der Waals surface area contributed by atoms with E-state index in [9.17, 15) is 14.9 Å². The molecular formula is C21H21N3O5S. The van der Waals surface area contributed by atoms with E-state index < -0.39 is 6.09 Å². The summed E-state index contributed by atoms with van der Waals surface area (Å²) in [6.45, 7) is 1.41. The lowest BCUT2D eigenvalue weighted by Gasteiger charge is -2.23. The fraction of sp³-hybridized carbons (Fsp3) is 0.381. The van der Waals surface area contributed by atoms with E-state index in [1.165, 1.54) is 28.7 Å². The smallest absolute Gasteiger partial charge is 0.433 e. The van der Waals surface area contributed by atoms with Crippen LogP contribution in [0.25, 0.3) is 6.08 Å². The van der Waals surface area contributed by atoms with Crippen LogP contribution in [0.5, 0.6) is 0 Å². The van der Waals surface area contributed by atoms with Gasteiger partial charge in [-0.1, -0.05) is 0 Å². The summed E-state index contributed by atoms with van der Waals surface area (Å²) >= 11 is 1.41. The lowest BCUT2D eigenvalue weighted by Crippen LogP contribution is -2.30. The second-order valence-electron chi connectivity index (χ2n) is 7.13. The first-order chi connectivity index (χ1) is 14.6. The van der Waals surface area contributed by atoms with Crippen LogP contribution in [0.3, 0.4) is 0 Å². The Balaban J connectivity index is 1.37. The largest absolute Gasteiger partial charge is 0.465 e. The summed E-state index contributed by atoms with van der Waals surface area (Å²) in [5.74, 6) is 0.432. The molecule has 4 rings (SSSR count). The fourth-order valence-electron chi connectivity index (χ4n) is 3.55. The first kappa shape index (κ1) is 20.2. The topological polar surface area (TPSA) is 105 Å². The number of thiophene rings is 1. The number of hydrogen-bond donors (Lipinski definition) is 1. The summed E-state index contributed by atoms with van der Waals surface area (Å²) in [5.41, 5.74) is 1.51. The van der Waals surface area contributed by atoms with Crippen molar-refractivity contribution in [3.63, 3.8) is 0 Å². The Morgan fingerprint density at radius 3 is 3.10 bits per heavy atom. The molecule has 0 bridgehead atoms. The van der Waals surface area contributed by atoms with Gasteiger partial charge >= 0.3 is 6.09 Å². The Hall–Kier alpha value is -3.09. The second kappa shape index (κ2) is 9.15. The van der Waals surface area contributed by atoms with Crippen LogP contribution in [0.1, 0.15) is 34.6 Å². The second-order valence-corrected chi connectivity index (χ2v) is 8.24. The van der Waals surface area contributed by atoms with Crippen LogP contribution in [0.4, 0.5) is 9.80 Å². The summed E-state index contributed by atoms with van der Waals surface area (Å²) < 4.78 is 10.6. The highest BCUT2D eigenvalue weighted by molar-refractivity contribution is 7.16. The highest BCUT2D eigenvalue weighted by atomic mass is 32.1. The first-order valence-corrected chi connectivity index (χ1v) is 10.6. The number of hydrogen-bond acceptors (Lipinski definition) is 7. The van der Waals surface area contributed by atoms with E-state index >= 15 is 0 Å². The van der Waals surface area contributed by atoms with E-state index in [4.69, 9.17) is 14.0 Å². The zero-order chi connectivity index (χ0) is 20.9. The van der Waals surface area contributed by atoms with Gasteiger partial charge < -0.3 is 14.5 Å². The maximum atomic E-state index is 12.2. The van der Waals surface area contributed by atoms with Crippen molar-refractivity contribution in [1.82, 2.24) is 5.06 Å². The minimum Gasteiger partial charge on any atom is -0.465 e. The van der Waals surface area contributed by atoms with Crippen molar-refractivity contribution >= 4 is 34.4 Å². The number of hydroxylamine groups is 2. The zero-order valence-corrected chi connectivity index (χ0v) is 17.1. The third-order valence-electron chi connectivity index (χ3n) is 5.06. The lowest BCUT2D eigenvalue weighted by molar-refractivity contribution is -0.111. The Morgan fingerprint density at radius 1 is 1.47 bits per heavy atom. The standard InChI is InChI=1S/C21H21N3O5S/c22-12-17-16-6-4-14(13-28-21(26)24-8-2-10-29-24)11-18(16)30-20(17)23-19(25)7-5-15-3-1-9-27-15/h1,3,5,7,9,14H,2,4,6,8,10-11,13H2,(H,23,25)/b7-5+. The lowest BCUT2D eigenvalue weighted by atomic mass is 9.88. The van der Waals surface area contributed by atoms with E-state index in [1.54, 1.807) is 18.2 Å². The number of nitrogens with one attached hydrogen (secondary N) is 1. The van der Waals surface area contributed by atoms with Gasteiger partial charge in [0.2, 0.25) is 5.91 Å². The molecule has 1 aliphatic carbocycles. The van der Waals surface area contributed by atoms with Crippen LogP contribution >= 0.6 is 11.3 Å². The van der Waals surface area contributed by atoms with Gasteiger partial charge in [0, 0.05) is 11.0 Å². The maximum Gasteiger partial charge on any atom is 0.433 e. The number of ether oxygens (including phenoxy) is 1. The van der Waals surface area contributed by atoms with E-state index in [1.807, 2.05) is 0 Å². The van der Waals surface area contributed by atoms with Gasteiger partial charge in [0.1, 0.15) is 16.8 Å². The number of fused-ring (bicyclic) bond motifs is 1. The molecule has 0 aromatic carbocycles. The monoisotopic (exact) mass is 427 g/mol. The van der Waals surface area contributed by atoms with E-state index in [-0.39, 0.29) is 11.8 Å². The number of amides is 2. The van der Waals surface area contributed by atoms with E-state index in [0.29, 0.717) is 42.5 Å². The molecule has 2 aliphatic rings. The molecule has 156 valence electrons. The van der Waals surface area contributed by atoms with Crippen LogP contribution in [0, 0.1) is 17.2 Å². The molecule has 1 N–H and O–H groups in total. The molecule has 1 atom stereocenters. The summed E-state index contributed by atoms with van der Waals surface area (Å²) in [5, 5.41) is 14.2. The third-order valence-corrected chi connectivity index (χ3v) is 6.23. The molecule has 1 fully saturated rings. The molecule has 3 heterocycles. The van der Waals surface area contributed by atoms with Gasteiger partial charge in [0.15, 0.2) is 0 Å². The predicted molar refractivity (Wildman–Crippen MR) is 110 cm³/mol. The van der Waals surface area contributed by atoms with Crippen molar-refractivity contribution in [2.24, 2.45) is 5.92 Å². The molecule has 2 aromatic heterocycles. The van der Waals surface area contributed by atoms with Crippen LogP contribution in [-0.2, 0) is 27.2 Å². The van der Waals surface area contributed by atoms with E-state index in [2.05, 4.69) is 11.4 Å². The highest BCUT2D eigenvalue weighted by Crippen LogP contribution is 2.39. The van der Waals surface area contributed by atoms with Gasteiger partial charge in [-0.05, 0) is 55.4 Å². The number of carbonyl (C=O) groups is 2. The number of anilines is 1. The average molecular weight is 427 g/mol. The van der Waals surface area contributed by atoms with Gasteiger partial charge in [-0.3, -0.25) is 9.63 Å². The molecule has 1 aliphatic heterocycles. The molecule has 0 radical (unpaired) electrons. The molecule has 0 saturated carbocycles. The van der Waals surface area contributed by atoms with E-state index in [0.717, 1.165) is 29.7 Å². The van der Waals surface area contributed by atoms with Crippen LogP contribution in [0.15, 0.2) is 28.9 Å². The molecule has 1 saturated heterocycles. The van der Waals surface area contributed by atoms with Gasteiger partial charge in [0.25, 0.3) is 0 Å². The summed E-state index contributed by atoms with van der Waals surface area (Å²) in [6, 6.07) is 5.71. The Bertz CT molecular complexity index is 983. The number of furan rings is 1. The molecular weight excluding hydrogens is 406 g/mol. The zero-order valence-electron chi connectivity index (χ0n) is 16.3. The fourth-order valence-corrected chi connectivity index (χ4v) is 4.87. The summed E-state index contributed by atoms with van der Waals surface area (Å²) in [4.78, 5) is 30.5. The van der Waals surface area contributed by atoms with Gasteiger partial charge in [-0.2, -0.15) is 10.3 Å². The van der Waals surface area contributed by atoms with Crippen molar-refractivity contribution < 1.29 is 23.6 Å². The molecule has 0 spiro atoms. The van der Waals surface area contributed by atoms with Crippen molar-refractivity contribution in [1.29, 1.82) is 5.26 Å². The third kappa shape index (κ3) is 4.56. The molecule has 2 aromatic rings. The summed E-state index contributed by atoms with van der Waals surface area (Å²) in [6.07, 6.45) is 7.10. The summed E-state index contributed by atoms with van der Waals surface area (Å²) in [7, 11) is 0. The molecule has 9 heteroatoms. The Labute approximate surface area is 177 Å². The quantitative estimate of drug-likeness (QED) is 0.729. The minimum atomic E-state index is -0.446. The van der Waals surface area contributed by atoms with Gasteiger partial charge in [-0.15, -0.1) is 11.3 Å². The number of carbonyl (C=O) groups excluding carboxylic acids is 2. The Morgan fingerprint density at radius 2 is 2.37 bits per heavy atom. The number of nitriles is 1. The van der Waals surface area contributed by atoms with Crippen LogP contribution in [-0.4, -0.2) is 36.8 Å². The van der Waals surface area contributed by atoms with Crippen molar-refractivity contribution in [2.75, 3.05) is 25.1 Å². The molecule has 1 unspecified atom stereocenters. The molecule has 8 nitrogen and oxygen atoms in total. The Kier molecular flexibility index (Phi) is 6.16. The highest BCUT2D eigenvalue weighted by Gasteiger charge is 2.28. The van der Waals surface area contributed by atoms with Crippen LogP contribution in [0.2, 0.25) is 0 Å². The van der Waals surface area contributed by atoms with Crippen LogP contribution < -0.4 is 5.32 Å². The average Bonchev–Trinajstić information content (AvgIpc) is 3.51. The van der Waals surface area contributed by atoms with Crippen molar-refractivity contribution in [3.8, 4) is 6.07 Å². The van der Waals surface area contributed by atoms with Crippen molar-refractivity contribution in [3.05, 3.63) is 46.2 Å². The van der Waals surface area contributed by atoms with Gasteiger partial charge in [-0.25, -0.2) is 4.79 Å². The molecule has 30 heavy (non-hydrogen) atoms. The number of rotatable bonds is 5. The SMILES string of the molecule is N#Cc1c(NC(=O)/C=C/c2ccco2)sc2c1CCC(COC(=O)N1CCCO1)C2. The van der Waals surface area contributed by atoms with Gasteiger partial charge in [0.05, 0.1) is 31.6 Å². The number of nitrogens with zero attached hydrogens (tertiary/aromatic N) is 2. The first-order valence-electron chi connectivity index (χ1n) is 9.78. The molecule has 2 amide bonds.